The molecule has 1 N–H and O–H groups in total. The molecule has 1 amide bonds. The minimum Gasteiger partial charge on any atom is -0.343 e. The molecular weight excluding hydrogens is 340 g/mol. The predicted octanol–water partition coefficient (Wildman–Crippen LogP) is 3.08. The van der Waals surface area contributed by atoms with Gasteiger partial charge in [0.1, 0.15) is 0 Å². The lowest BCUT2D eigenvalue weighted by Gasteiger charge is -2.13. The van der Waals surface area contributed by atoms with Gasteiger partial charge in [-0.25, -0.2) is 9.97 Å². The Morgan fingerprint density at radius 1 is 1.48 bits per heavy atom. The van der Waals surface area contributed by atoms with E-state index in [9.17, 15) is 4.79 Å². The number of nitriles is 1. The zero-order valence-corrected chi connectivity index (χ0v) is 16.3. The molecule has 0 aromatic carbocycles. The molecule has 2 aromatic rings. The van der Waals surface area contributed by atoms with Gasteiger partial charge in [0.15, 0.2) is 5.65 Å². The van der Waals surface area contributed by atoms with Crippen molar-refractivity contribution in [2.75, 3.05) is 20.1 Å². The van der Waals surface area contributed by atoms with Crippen LogP contribution in [0.5, 0.6) is 0 Å². The van der Waals surface area contributed by atoms with Crippen molar-refractivity contribution in [2.45, 2.75) is 27.2 Å². The summed E-state index contributed by atoms with van der Waals surface area (Å²) in [7, 11) is 1.76. The second-order valence-corrected chi connectivity index (χ2v) is 6.46. The van der Waals surface area contributed by atoms with Crippen LogP contribution in [0.1, 0.15) is 32.8 Å². The number of carbonyl (C=O) groups excluding carboxylic acids is 1. The van der Waals surface area contributed by atoms with Gasteiger partial charge in [0.05, 0.1) is 23.8 Å². The lowest BCUT2D eigenvalue weighted by Crippen LogP contribution is -2.27. The molecule has 0 saturated carbocycles. The van der Waals surface area contributed by atoms with Crippen LogP contribution in [-0.2, 0) is 4.79 Å². The number of amides is 1. The van der Waals surface area contributed by atoms with E-state index < -0.39 is 0 Å². The summed E-state index contributed by atoms with van der Waals surface area (Å²) in [4.78, 5) is 28.4. The van der Waals surface area contributed by atoms with Crippen LogP contribution >= 0.6 is 0 Å². The molecule has 1 saturated heterocycles. The highest BCUT2D eigenvalue weighted by molar-refractivity contribution is 6.13. The van der Waals surface area contributed by atoms with E-state index in [1.165, 1.54) is 0 Å². The Morgan fingerprint density at radius 2 is 2.26 bits per heavy atom. The fraction of sp³-hybridized carbons (Fsp3) is 0.450. The number of H-pyrrole nitrogens is 1. The lowest BCUT2D eigenvalue weighted by atomic mass is 10.0. The van der Waals surface area contributed by atoms with Crippen molar-refractivity contribution in [3.63, 3.8) is 0 Å². The number of aromatic amines is 1. The third-order valence-electron chi connectivity index (χ3n) is 4.65. The van der Waals surface area contributed by atoms with Crippen molar-refractivity contribution in [1.82, 2.24) is 19.9 Å². The van der Waals surface area contributed by atoms with Crippen molar-refractivity contribution in [3.8, 4) is 6.07 Å². The van der Waals surface area contributed by atoms with Crippen molar-refractivity contribution < 1.29 is 4.79 Å². The van der Waals surface area contributed by atoms with Crippen molar-refractivity contribution in [3.05, 3.63) is 30.2 Å². The van der Waals surface area contributed by atoms with Gasteiger partial charge in [-0.3, -0.25) is 9.79 Å². The first-order valence-electron chi connectivity index (χ1n) is 9.09. The lowest BCUT2D eigenvalue weighted by molar-refractivity contribution is -0.129. The van der Waals surface area contributed by atoms with Gasteiger partial charge in [-0.05, 0) is 24.5 Å². The summed E-state index contributed by atoms with van der Waals surface area (Å²) in [6, 6.07) is 4.18. The largest absolute Gasteiger partial charge is 0.343 e. The van der Waals surface area contributed by atoms with E-state index in [0.29, 0.717) is 18.9 Å². The van der Waals surface area contributed by atoms with Crippen LogP contribution in [0.4, 0.5) is 0 Å². The number of fused-ring (bicyclic) bond motifs is 1. The monoisotopic (exact) mass is 366 g/mol. The zero-order valence-electron chi connectivity index (χ0n) is 16.3. The van der Waals surface area contributed by atoms with Crippen LogP contribution in [0.15, 0.2) is 29.7 Å². The fourth-order valence-corrected chi connectivity index (χ4v) is 3.09. The first-order valence-corrected chi connectivity index (χ1v) is 9.09. The van der Waals surface area contributed by atoms with E-state index in [-0.39, 0.29) is 11.8 Å². The highest BCUT2D eigenvalue weighted by Crippen LogP contribution is 2.22. The topological polar surface area (TPSA) is 98.0 Å². The second-order valence-electron chi connectivity index (χ2n) is 6.46. The van der Waals surface area contributed by atoms with E-state index in [0.717, 1.165) is 28.8 Å². The summed E-state index contributed by atoms with van der Waals surface area (Å²) < 4.78 is 0. The van der Waals surface area contributed by atoms with Crippen LogP contribution in [0.2, 0.25) is 0 Å². The first-order chi connectivity index (χ1) is 13.0. The number of allylic oxidation sites excluding steroid dienone is 2. The summed E-state index contributed by atoms with van der Waals surface area (Å²) in [6.45, 7) is 7.25. The Hall–Kier alpha value is -3.01. The summed E-state index contributed by atoms with van der Waals surface area (Å²) in [6.07, 6.45) is 7.80. The molecule has 27 heavy (non-hydrogen) atoms. The molecule has 1 aliphatic rings. The molecule has 1 aliphatic heterocycles. The van der Waals surface area contributed by atoms with Crippen molar-refractivity contribution in [2.24, 2.45) is 16.8 Å². The molecule has 0 bridgehead atoms. The van der Waals surface area contributed by atoms with Crippen LogP contribution in [0.3, 0.4) is 0 Å². The maximum atomic E-state index is 11.2. The molecule has 0 aliphatic carbocycles. The maximum absolute atomic E-state index is 11.2. The number of rotatable bonds is 3. The van der Waals surface area contributed by atoms with Gasteiger partial charge in [-0.2, -0.15) is 5.26 Å². The minimum absolute atomic E-state index is 0.0421. The Morgan fingerprint density at radius 3 is 2.85 bits per heavy atom. The molecule has 3 heterocycles. The van der Waals surface area contributed by atoms with E-state index in [1.54, 1.807) is 24.5 Å². The molecule has 7 heteroatoms. The molecule has 0 spiro atoms. The molecule has 7 nitrogen and oxygen atoms in total. The van der Waals surface area contributed by atoms with Gasteiger partial charge >= 0.3 is 0 Å². The third-order valence-corrected chi connectivity index (χ3v) is 4.65. The number of imidazole rings is 1. The van der Waals surface area contributed by atoms with Gasteiger partial charge < -0.3 is 9.88 Å². The van der Waals surface area contributed by atoms with Crippen LogP contribution in [0, 0.1) is 23.2 Å². The zero-order chi connectivity index (χ0) is 19.8. The van der Waals surface area contributed by atoms with Crippen LogP contribution < -0.4 is 0 Å². The normalized spacial score (nSPS) is 19.8. The van der Waals surface area contributed by atoms with E-state index in [4.69, 9.17) is 5.26 Å². The van der Waals surface area contributed by atoms with Gasteiger partial charge in [0.25, 0.3) is 0 Å². The highest BCUT2D eigenvalue weighted by atomic mass is 16.2. The number of hydrogen-bond acceptors (Lipinski definition) is 5. The van der Waals surface area contributed by atoms with Crippen LogP contribution in [0.25, 0.3) is 16.7 Å². The predicted molar refractivity (Wildman–Crippen MR) is 107 cm³/mol. The van der Waals surface area contributed by atoms with Gasteiger partial charge in [-0.1, -0.05) is 19.9 Å². The average molecular weight is 366 g/mol. The molecular formula is C20H26N6O. The third kappa shape index (κ3) is 4.79. The Bertz CT molecular complexity index is 876. The number of nitrogens with zero attached hydrogens (tertiary/aromatic N) is 5. The molecule has 2 aromatic heterocycles. The number of aliphatic imine (C=N–C) groups is 1. The number of nitrogens with one attached hydrogen (secondary N) is 1. The van der Waals surface area contributed by atoms with E-state index >= 15 is 0 Å². The Kier molecular flexibility index (Phi) is 7.24. The Labute approximate surface area is 159 Å². The SMILES string of the molecule is C/C=C(\C=NC)c1ccnc2nc[nH]c12.CCC(=O)N1CC(C)C(C#N)C1. The van der Waals surface area contributed by atoms with Crippen LogP contribution in [-0.4, -0.2) is 52.1 Å². The molecule has 3 rings (SSSR count). The van der Waals surface area contributed by atoms with E-state index in [1.807, 2.05) is 39.1 Å². The minimum atomic E-state index is 0.0421. The fourth-order valence-electron chi connectivity index (χ4n) is 3.09. The maximum Gasteiger partial charge on any atom is 0.222 e. The average Bonchev–Trinajstić information content (AvgIpc) is 3.32. The standard InChI is InChI=1S/C11H12N4.C9H14N2O/c1-3-8(6-12-2)9-4-5-13-11-10(9)14-7-15-11;1-3-9(12)11-5-7(2)8(4-10)6-11/h3-7H,1-2H3,(H,13,14,15);7-8H,3,5-6H2,1-2H3/b8-3+,12-6?;. The first kappa shape index (κ1) is 20.3. The van der Waals surface area contributed by atoms with Crippen molar-refractivity contribution >= 4 is 28.9 Å². The summed E-state index contributed by atoms with van der Waals surface area (Å²) in [5.74, 6) is 0.547. The van der Waals surface area contributed by atoms with Gasteiger partial charge in [0.2, 0.25) is 5.91 Å². The molecule has 142 valence electrons. The number of carbonyl (C=O) groups is 1. The number of pyridine rings is 1. The summed E-state index contributed by atoms with van der Waals surface area (Å²) in [5, 5.41) is 8.72. The second kappa shape index (κ2) is 9.62. The van der Waals surface area contributed by atoms with E-state index in [2.05, 4.69) is 26.0 Å². The molecule has 0 radical (unpaired) electrons. The van der Waals surface area contributed by atoms with Gasteiger partial charge in [0, 0.05) is 44.5 Å². The summed E-state index contributed by atoms with van der Waals surface area (Å²) in [5.41, 5.74) is 3.82. The van der Waals surface area contributed by atoms with Gasteiger partial charge in [-0.15, -0.1) is 0 Å². The molecule has 1 fully saturated rings. The smallest absolute Gasteiger partial charge is 0.222 e. The molecule has 2 unspecified atom stereocenters. The molecule has 2 atom stereocenters. The highest BCUT2D eigenvalue weighted by Gasteiger charge is 2.31. The number of hydrogen-bond donors (Lipinski definition) is 1. The number of aromatic nitrogens is 3. The quantitative estimate of drug-likeness (QED) is 0.844. The Balaban J connectivity index is 0.000000199. The summed E-state index contributed by atoms with van der Waals surface area (Å²) >= 11 is 0. The van der Waals surface area contributed by atoms with Crippen molar-refractivity contribution in [1.29, 1.82) is 5.26 Å². The number of likely N-dealkylation sites (tertiary alicyclic amines) is 1.